The third-order valence-electron chi connectivity index (χ3n) is 4.74. The summed E-state index contributed by atoms with van der Waals surface area (Å²) in [6, 6.07) is 11.6. The number of carbonyl (C=O) groups excluding carboxylic acids is 1. The number of hydrogen-bond donors (Lipinski definition) is 1. The van der Waals surface area contributed by atoms with Crippen molar-refractivity contribution in [3.8, 4) is 0 Å². The Hall–Kier alpha value is -2.18. The predicted molar refractivity (Wildman–Crippen MR) is 95.8 cm³/mol. The minimum Gasteiger partial charge on any atom is -0.387 e. The number of piperazine rings is 1. The van der Waals surface area contributed by atoms with Gasteiger partial charge in [0, 0.05) is 45.1 Å². The van der Waals surface area contributed by atoms with Gasteiger partial charge >= 0.3 is 0 Å². The van der Waals surface area contributed by atoms with E-state index in [0.717, 1.165) is 18.7 Å². The van der Waals surface area contributed by atoms with Crippen LogP contribution in [0.3, 0.4) is 0 Å². The summed E-state index contributed by atoms with van der Waals surface area (Å²) in [4.78, 5) is 16.7. The van der Waals surface area contributed by atoms with E-state index in [1.165, 1.54) is 0 Å². The molecule has 1 aliphatic rings. The maximum absolute atomic E-state index is 12.6. The van der Waals surface area contributed by atoms with Crippen molar-refractivity contribution in [2.24, 2.45) is 5.92 Å². The largest absolute Gasteiger partial charge is 0.387 e. The van der Waals surface area contributed by atoms with Gasteiger partial charge in [0.1, 0.15) is 0 Å². The van der Waals surface area contributed by atoms with Crippen molar-refractivity contribution in [2.45, 2.75) is 19.6 Å². The quantitative estimate of drug-likeness (QED) is 0.862. The number of aliphatic hydroxyl groups is 1. The first kappa shape index (κ1) is 17.6. The normalized spacial score (nSPS) is 18.1. The van der Waals surface area contributed by atoms with Gasteiger partial charge < -0.3 is 10.0 Å². The fourth-order valence-corrected chi connectivity index (χ4v) is 3.25. The fourth-order valence-electron chi connectivity index (χ4n) is 3.25. The van der Waals surface area contributed by atoms with E-state index in [4.69, 9.17) is 0 Å². The van der Waals surface area contributed by atoms with Crippen molar-refractivity contribution in [3.63, 3.8) is 0 Å². The molecule has 0 aliphatic carbocycles. The maximum Gasteiger partial charge on any atom is 0.227 e. The molecule has 6 heteroatoms. The molecule has 2 heterocycles. The van der Waals surface area contributed by atoms with Crippen LogP contribution in [0.25, 0.3) is 0 Å². The SMILES string of the molecule is C[C@@H](Cn1cccn1)C(=O)N1CCN(C[C@H](O)c2ccccc2)CC1. The van der Waals surface area contributed by atoms with Gasteiger partial charge in [-0.2, -0.15) is 5.10 Å². The monoisotopic (exact) mass is 342 g/mol. The van der Waals surface area contributed by atoms with Crippen molar-refractivity contribution >= 4 is 5.91 Å². The Bertz CT molecular complexity index is 651. The Labute approximate surface area is 148 Å². The molecule has 0 radical (unpaired) electrons. The predicted octanol–water partition coefficient (Wildman–Crippen LogP) is 1.40. The molecule has 6 nitrogen and oxygen atoms in total. The molecule has 134 valence electrons. The van der Waals surface area contributed by atoms with Gasteiger partial charge in [0.15, 0.2) is 0 Å². The number of β-amino-alcohol motifs (C(OH)–C–C–N with tert-alkyl or cyclic N) is 1. The third kappa shape index (κ3) is 4.67. The Kier molecular flexibility index (Phi) is 5.83. The molecule has 0 spiro atoms. The van der Waals surface area contributed by atoms with Crippen LogP contribution in [-0.4, -0.2) is 63.3 Å². The zero-order valence-electron chi connectivity index (χ0n) is 14.7. The van der Waals surface area contributed by atoms with Crippen LogP contribution < -0.4 is 0 Å². The molecule has 0 bridgehead atoms. The molecule has 1 amide bonds. The molecule has 1 aromatic heterocycles. The standard InChI is InChI=1S/C19H26N4O2/c1-16(14-23-9-5-8-20-23)19(25)22-12-10-21(11-13-22)15-18(24)17-6-3-2-4-7-17/h2-9,16,18,24H,10-15H2,1H3/t16-,18-/m0/s1. The molecular weight excluding hydrogens is 316 g/mol. The van der Waals surface area contributed by atoms with Gasteiger partial charge in [-0.25, -0.2) is 0 Å². The van der Waals surface area contributed by atoms with Crippen molar-refractivity contribution in [3.05, 3.63) is 54.4 Å². The molecular formula is C19H26N4O2. The van der Waals surface area contributed by atoms with E-state index in [2.05, 4.69) is 10.00 Å². The van der Waals surface area contributed by atoms with E-state index in [9.17, 15) is 9.90 Å². The summed E-state index contributed by atoms with van der Waals surface area (Å²) >= 11 is 0. The second kappa shape index (κ2) is 8.27. The molecule has 1 aromatic carbocycles. The summed E-state index contributed by atoms with van der Waals surface area (Å²) < 4.78 is 1.80. The summed E-state index contributed by atoms with van der Waals surface area (Å²) in [5.41, 5.74) is 0.939. The van der Waals surface area contributed by atoms with Gasteiger partial charge in [0.25, 0.3) is 0 Å². The summed E-state index contributed by atoms with van der Waals surface area (Å²) in [6.45, 7) is 6.19. The minimum absolute atomic E-state index is 0.0821. The zero-order valence-corrected chi connectivity index (χ0v) is 14.7. The topological polar surface area (TPSA) is 61.6 Å². The van der Waals surface area contributed by atoms with Crippen LogP contribution in [0.1, 0.15) is 18.6 Å². The van der Waals surface area contributed by atoms with Crippen molar-refractivity contribution in [1.29, 1.82) is 0 Å². The van der Waals surface area contributed by atoms with Crippen LogP contribution in [0.15, 0.2) is 48.8 Å². The summed E-state index contributed by atoms with van der Waals surface area (Å²) in [5.74, 6) is 0.0973. The van der Waals surface area contributed by atoms with Crippen molar-refractivity contribution < 1.29 is 9.90 Å². The van der Waals surface area contributed by atoms with Crippen molar-refractivity contribution in [2.75, 3.05) is 32.7 Å². The molecule has 3 rings (SSSR count). The smallest absolute Gasteiger partial charge is 0.227 e. The van der Waals surface area contributed by atoms with Gasteiger partial charge in [-0.15, -0.1) is 0 Å². The van der Waals surface area contributed by atoms with Gasteiger partial charge in [0.05, 0.1) is 18.6 Å². The van der Waals surface area contributed by atoms with Gasteiger partial charge in [-0.05, 0) is 11.6 Å². The lowest BCUT2D eigenvalue weighted by Crippen LogP contribution is -2.51. The molecule has 0 saturated carbocycles. The number of aromatic nitrogens is 2. The fraction of sp³-hybridized carbons (Fsp3) is 0.474. The van der Waals surface area contributed by atoms with Crippen molar-refractivity contribution in [1.82, 2.24) is 19.6 Å². The van der Waals surface area contributed by atoms with Crippen LogP contribution in [0.2, 0.25) is 0 Å². The summed E-state index contributed by atoms with van der Waals surface area (Å²) in [7, 11) is 0. The Balaban J connectivity index is 1.45. The highest BCUT2D eigenvalue weighted by molar-refractivity contribution is 5.78. The first-order chi connectivity index (χ1) is 12.1. The molecule has 1 aliphatic heterocycles. The molecule has 1 N–H and O–H groups in total. The van der Waals surface area contributed by atoms with E-state index >= 15 is 0 Å². The van der Waals surface area contributed by atoms with Gasteiger partial charge in [-0.3, -0.25) is 14.4 Å². The number of nitrogens with zero attached hydrogens (tertiary/aromatic N) is 4. The van der Waals surface area contributed by atoms with E-state index in [0.29, 0.717) is 26.2 Å². The molecule has 25 heavy (non-hydrogen) atoms. The van der Waals surface area contributed by atoms with Crippen LogP contribution in [-0.2, 0) is 11.3 Å². The molecule has 1 fully saturated rings. The third-order valence-corrected chi connectivity index (χ3v) is 4.74. The van der Waals surface area contributed by atoms with E-state index < -0.39 is 6.10 Å². The number of carbonyl (C=O) groups is 1. The Morgan fingerprint density at radius 1 is 1.12 bits per heavy atom. The number of benzene rings is 1. The van der Waals surface area contributed by atoms with Gasteiger partial charge in [0.2, 0.25) is 5.91 Å². The highest BCUT2D eigenvalue weighted by atomic mass is 16.3. The lowest BCUT2D eigenvalue weighted by Gasteiger charge is -2.36. The second-order valence-electron chi connectivity index (χ2n) is 6.68. The van der Waals surface area contributed by atoms with Crippen LogP contribution >= 0.6 is 0 Å². The number of aliphatic hydroxyl groups excluding tert-OH is 1. The molecule has 2 aromatic rings. The maximum atomic E-state index is 12.6. The first-order valence-electron chi connectivity index (χ1n) is 8.85. The summed E-state index contributed by atoms with van der Waals surface area (Å²) in [6.07, 6.45) is 3.13. The lowest BCUT2D eigenvalue weighted by atomic mass is 10.1. The highest BCUT2D eigenvalue weighted by Crippen LogP contribution is 2.16. The van der Waals surface area contributed by atoms with Gasteiger partial charge in [-0.1, -0.05) is 37.3 Å². The number of amides is 1. The molecule has 2 atom stereocenters. The van der Waals surface area contributed by atoms with Crippen LogP contribution in [0.5, 0.6) is 0 Å². The van der Waals surface area contributed by atoms with E-state index in [-0.39, 0.29) is 11.8 Å². The molecule has 0 unspecified atom stereocenters. The van der Waals surface area contributed by atoms with Crippen LogP contribution in [0, 0.1) is 5.92 Å². The van der Waals surface area contributed by atoms with Crippen LogP contribution in [0.4, 0.5) is 0 Å². The first-order valence-corrected chi connectivity index (χ1v) is 8.85. The molecule has 1 saturated heterocycles. The number of rotatable bonds is 6. The highest BCUT2D eigenvalue weighted by Gasteiger charge is 2.26. The average molecular weight is 342 g/mol. The average Bonchev–Trinajstić information content (AvgIpc) is 3.15. The number of hydrogen-bond acceptors (Lipinski definition) is 4. The van der Waals surface area contributed by atoms with E-state index in [1.807, 2.05) is 54.4 Å². The minimum atomic E-state index is -0.484. The summed E-state index contributed by atoms with van der Waals surface area (Å²) in [5, 5.41) is 14.5. The second-order valence-corrected chi connectivity index (χ2v) is 6.68. The van der Waals surface area contributed by atoms with E-state index in [1.54, 1.807) is 10.9 Å². The Morgan fingerprint density at radius 2 is 1.84 bits per heavy atom. The zero-order chi connectivity index (χ0) is 17.6. The lowest BCUT2D eigenvalue weighted by molar-refractivity contribution is -0.137. The Morgan fingerprint density at radius 3 is 2.48 bits per heavy atom.